The number of hydrogen-bond acceptors (Lipinski definition) is 2. The van der Waals surface area contributed by atoms with E-state index in [9.17, 15) is 22.8 Å². The third kappa shape index (κ3) is 3.26. The van der Waals surface area contributed by atoms with Gasteiger partial charge in [0.2, 0.25) is 5.91 Å². The van der Waals surface area contributed by atoms with E-state index < -0.39 is 18.0 Å². The number of Topliss-reactive ketones (excluding diaryl/α,β-unsaturated/α-hetero) is 1. The van der Waals surface area contributed by atoms with Crippen LogP contribution < -0.4 is 4.90 Å². The standard InChI is InChI=1S/C17H18F3NO2/c18-17(19,20)11-12-1-3-13(4-2-12)21-10-9-16(15(21)23)7-5-14(22)6-8-16/h1-4H,5-11H2. The highest BCUT2D eigenvalue weighted by molar-refractivity contribution is 6.01. The molecule has 124 valence electrons. The van der Waals surface area contributed by atoms with Gasteiger partial charge in [-0.15, -0.1) is 0 Å². The number of nitrogens with zero attached hydrogens (tertiary/aromatic N) is 1. The zero-order chi connectivity index (χ0) is 16.7. The Morgan fingerprint density at radius 3 is 2.17 bits per heavy atom. The van der Waals surface area contributed by atoms with E-state index in [-0.39, 0.29) is 17.3 Å². The molecule has 0 N–H and O–H groups in total. The molecule has 3 rings (SSSR count). The van der Waals surface area contributed by atoms with Crippen LogP contribution in [0.2, 0.25) is 0 Å². The molecule has 0 radical (unpaired) electrons. The Hall–Kier alpha value is -1.85. The van der Waals surface area contributed by atoms with Gasteiger partial charge in [0, 0.05) is 25.1 Å². The monoisotopic (exact) mass is 325 g/mol. The summed E-state index contributed by atoms with van der Waals surface area (Å²) in [6.45, 7) is 0.561. The average Bonchev–Trinajstić information content (AvgIpc) is 2.79. The number of anilines is 1. The van der Waals surface area contributed by atoms with Crippen molar-refractivity contribution in [1.82, 2.24) is 0 Å². The Morgan fingerprint density at radius 2 is 1.61 bits per heavy atom. The van der Waals surface area contributed by atoms with E-state index in [1.165, 1.54) is 12.1 Å². The lowest BCUT2D eigenvalue weighted by atomic mass is 9.72. The molecule has 1 aliphatic heterocycles. The number of alkyl halides is 3. The molecule has 1 heterocycles. The summed E-state index contributed by atoms with van der Waals surface area (Å²) in [5, 5.41) is 0. The minimum Gasteiger partial charge on any atom is -0.312 e. The summed E-state index contributed by atoms with van der Waals surface area (Å²) in [6, 6.07) is 5.99. The first-order chi connectivity index (χ1) is 10.8. The van der Waals surface area contributed by atoms with Gasteiger partial charge in [0.15, 0.2) is 0 Å². The predicted molar refractivity (Wildman–Crippen MR) is 79.1 cm³/mol. The normalized spacial score (nSPS) is 21.3. The van der Waals surface area contributed by atoms with Crippen LogP contribution in [-0.2, 0) is 16.0 Å². The van der Waals surface area contributed by atoms with Gasteiger partial charge in [0.1, 0.15) is 5.78 Å². The van der Waals surface area contributed by atoms with Crippen molar-refractivity contribution in [3.8, 4) is 0 Å². The quantitative estimate of drug-likeness (QED) is 0.832. The second-order valence-corrected chi connectivity index (χ2v) is 6.48. The fourth-order valence-corrected chi connectivity index (χ4v) is 3.56. The van der Waals surface area contributed by atoms with Crippen LogP contribution in [0.5, 0.6) is 0 Å². The van der Waals surface area contributed by atoms with Gasteiger partial charge in [0.25, 0.3) is 0 Å². The highest BCUT2D eigenvalue weighted by Crippen LogP contribution is 2.45. The first-order valence-corrected chi connectivity index (χ1v) is 7.78. The maximum Gasteiger partial charge on any atom is 0.393 e. The Balaban J connectivity index is 1.73. The van der Waals surface area contributed by atoms with Gasteiger partial charge < -0.3 is 4.90 Å². The number of carbonyl (C=O) groups is 2. The molecule has 0 atom stereocenters. The van der Waals surface area contributed by atoms with Crippen LogP contribution in [-0.4, -0.2) is 24.4 Å². The van der Waals surface area contributed by atoms with E-state index in [1.807, 2.05) is 0 Å². The van der Waals surface area contributed by atoms with Crippen LogP contribution in [0.1, 0.15) is 37.7 Å². The molecule has 2 aliphatic rings. The van der Waals surface area contributed by atoms with Gasteiger partial charge >= 0.3 is 6.18 Å². The number of amides is 1. The molecule has 0 unspecified atom stereocenters. The summed E-state index contributed by atoms with van der Waals surface area (Å²) in [5.74, 6) is 0.215. The number of hydrogen-bond donors (Lipinski definition) is 0. The summed E-state index contributed by atoms with van der Waals surface area (Å²) in [7, 11) is 0. The summed E-state index contributed by atoms with van der Waals surface area (Å²) in [4.78, 5) is 25.8. The highest BCUT2D eigenvalue weighted by Gasteiger charge is 2.48. The maximum atomic E-state index is 12.7. The van der Waals surface area contributed by atoms with Crippen molar-refractivity contribution in [1.29, 1.82) is 0 Å². The molecule has 1 saturated carbocycles. The lowest BCUT2D eigenvalue weighted by Gasteiger charge is -2.31. The molecule has 1 aromatic rings. The zero-order valence-corrected chi connectivity index (χ0v) is 12.7. The average molecular weight is 325 g/mol. The Morgan fingerprint density at radius 1 is 1.00 bits per heavy atom. The molecule has 23 heavy (non-hydrogen) atoms. The van der Waals surface area contributed by atoms with E-state index in [4.69, 9.17) is 0 Å². The summed E-state index contributed by atoms with van der Waals surface area (Å²) >= 11 is 0. The van der Waals surface area contributed by atoms with Gasteiger partial charge in [0.05, 0.1) is 11.8 Å². The van der Waals surface area contributed by atoms with Crippen molar-refractivity contribution < 1.29 is 22.8 Å². The van der Waals surface area contributed by atoms with Crippen LogP contribution >= 0.6 is 0 Å². The third-order valence-electron chi connectivity index (χ3n) is 4.93. The van der Waals surface area contributed by atoms with Crippen molar-refractivity contribution in [2.24, 2.45) is 5.41 Å². The van der Waals surface area contributed by atoms with Crippen molar-refractivity contribution in [3.05, 3.63) is 29.8 Å². The van der Waals surface area contributed by atoms with Gasteiger partial charge in [-0.3, -0.25) is 9.59 Å². The lowest BCUT2D eigenvalue weighted by Crippen LogP contribution is -2.37. The van der Waals surface area contributed by atoms with E-state index >= 15 is 0 Å². The number of rotatable bonds is 2. The first-order valence-electron chi connectivity index (χ1n) is 7.78. The SMILES string of the molecule is O=C1CCC2(CC1)CCN(c1ccc(CC(F)(F)F)cc1)C2=O. The van der Waals surface area contributed by atoms with Crippen LogP contribution in [0.15, 0.2) is 24.3 Å². The minimum absolute atomic E-state index is 0.00794. The lowest BCUT2D eigenvalue weighted by molar-refractivity contribution is -0.131. The molecule has 1 spiro atoms. The predicted octanol–water partition coefficient (Wildman–Crippen LogP) is 3.66. The van der Waals surface area contributed by atoms with Crippen LogP contribution in [0.4, 0.5) is 18.9 Å². The molecule has 3 nitrogen and oxygen atoms in total. The van der Waals surface area contributed by atoms with Gasteiger partial charge in [-0.2, -0.15) is 13.2 Å². The van der Waals surface area contributed by atoms with Gasteiger partial charge in [-0.05, 0) is 37.0 Å². The third-order valence-corrected chi connectivity index (χ3v) is 4.93. The summed E-state index contributed by atoms with van der Waals surface area (Å²) in [5.41, 5.74) is 0.374. The summed E-state index contributed by atoms with van der Waals surface area (Å²) < 4.78 is 37.1. The number of benzene rings is 1. The second kappa shape index (κ2) is 5.65. The highest BCUT2D eigenvalue weighted by atomic mass is 19.4. The topological polar surface area (TPSA) is 37.4 Å². The molecular weight excluding hydrogens is 307 g/mol. The molecule has 1 aliphatic carbocycles. The fourth-order valence-electron chi connectivity index (χ4n) is 3.56. The number of carbonyl (C=O) groups excluding carboxylic acids is 2. The molecule has 6 heteroatoms. The molecule has 1 amide bonds. The van der Waals surface area contributed by atoms with Crippen molar-refractivity contribution in [2.75, 3.05) is 11.4 Å². The zero-order valence-electron chi connectivity index (χ0n) is 12.7. The summed E-state index contributed by atoms with van der Waals surface area (Å²) in [6.07, 6.45) is -2.41. The van der Waals surface area contributed by atoms with E-state index in [0.29, 0.717) is 44.3 Å². The Kier molecular flexibility index (Phi) is 3.94. The largest absolute Gasteiger partial charge is 0.393 e. The van der Waals surface area contributed by atoms with Crippen LogP contribution in [0, 0.1) is 5.41 Å². The van der Waals surface area contributed by atoms with Gasteiger partial charge in [-0.1, -0.05) is 12.1 Å². The van der Waals surface area contributed by atoms with Crippen LogP contribution in [0.3, 0.4) is 0 Å². The minimum atomic E-state index is -4.23. The van der Waals surface area contributed by atoms with Crippen LogP contribution in [0.25, 0.3) is 0 Å². The van der Waals surface area contributed by atoms with E-state index in [1.54, 1.807) is 17.0 Å². The molecule has 1 aromatic carbocycles. The molecule has 0 aromatic heterocycles. The van der Waals surface area contributed by atoms with Crippen molar-refractivity contribution in [2.45, 2.75) is 44.7 Å². The molecule has 2 fully saturated rings. The molecule has 0 bridgehead atoms. The second-order valence-electron chi connectivity index (χ2n) is 6.48. The number of ketones is 1. The molecule has 1 saturated heterocycles. The maximum absolute atomic E-state index is 12.7. The number of halogens is 3. The molecular formula is C17H18F3NO2. The van der Waals surface area contributed by atoms with E-state index in [0.717, 1.165) is 0 Å². The Bertz CT molecular complexity index is 612. The van der Waals surface area contributed by atoms with Crippen molar-refractivity contribution >= 4 is 17.4 Å². The smallest absolute Gasteiger partial charge is 0.312 e. The van der Waals surface area contributed by atoms with Crippen molar-refractivity contribution in [3.63, 3.8) is 0 Å². The van der Waals surface area contributed by atoms with E-state index in [2.05, 4.69) is 0 Å². The van der Waals surface area contributed by atoms with Gasteiger partial charge in [-0.25, -0.2) is 0 Å². The Labute approximate surface area is 132 Å². The fraction of sp³-hybridized carbons (Fsp3) is 0.529. The first kappa shape index (κ1) is 16.0.